The second kappa shape index (κ2) is 7.77. The number of aromatic nitrogens is 4. The van der Waals surface area contributed by atoms with E-state index in [-0.39, 0.29) is 17.5 Å². The molecule has 27 heavy (non-hydrogen) atoms. The third kappa shape index (κ3) is 4.44. The van der Waals surface area contributed by atoms with Crippen molar-refractivity contribution in [2.45, 2.75) is 20.0 Å². The fraction of sp³-hybridized carbons (Fsp3) is 0.188. The molecule has 2 aromatic heterocycles. The first-order chi connectivity index (χ1) is 12.8. The zero-order valence-corrected chi connectivity index (χ0v) is 15.6. The largest absolute Gasteiger partial charge is 0.408 e. The molecule has 0 saturated carbocycles. The number of benzene rings is 1. The lowest BCUT2D eigenvalue weighted by atomic mass is 10.2. The first-order valence-corrected chi connectivity index (χ1v) is 8.53. The number of hydrogen-bond donors (Lipinski definition) is 1. The monoisotopic (exact) mass is 408 g/mol. The molecule has 0 aliphatic carbocycles. The molecule has 1 aromatic carbocycles. The van der Waals surface area contributed by atoms with Gasteiger partial charge in [0.15, 0.2) is 5.02 Å². The summed E-state index contributed by atoms with van der Waals surface area (Å²) in [5, 5.41) is 22.0. The lowest BCUT2D eigenvalue weighted by Gasteiger charge is -2.07. The van der Waals surface area contributed by atoms with E-state index in [9.17, 15) is 14.9 Å². The Morgan fingerprint density at radius 2 is 2.15 bits per heavy atom. The van der Waals surface area contributed by atoms with E-state index in [0.29, 0.717) is 22.9 Å². The van der Waals surface area contributed by atoms with Crippen LogP contribution in [0.15, 0.2) is 36.7 Å². The van der Waals surface area contributed by atoms with Gasteiger partial charge in [-0.05, 0) is 29.5 Å². The minimum Gasteiger partial charge on any atom is -0.358 e. The minimum atomic E-state index is -0.686. The molecule has 0 bridgehead atoms. The molecule has 3 rings (SSSR count). The summed E-state index contributed by atoms with van der Waals surface area (Å²) in [7, 11) is 0. The molecule has 11 heteroatoms. The summed E-state index contributed by atoms with van der Waals surface area (Å²) in [6, 6.07) is 7.24. The summed E-state index contributed by atoms with van der Waals surface area (Å²) < 4.78 is 2.88. The highest BCUT2D eigenvalue weighted by molar-refractivity contribution is 6.33. The van der Waals surface area contributed by atoms with Gasteiger partial charge < -0.3 is 15.4 Å². The fourth-order valence-electron chi connectivity index (χ4n) is 2.47. The quantitative estimate of drug-likeness (QED) is 0.497. The van der Waals surface area contributed by atoms with Gasteiger partial charge in [-0.3, -0.25) is 9.48 Å². The van der Waals surface area contributed by atoms with Crippen LogP contribution in [0.4, 0.5) is 11.5 Å². The van der Waals surface area contributed by atoms with E-state index in [1.807, 2.05) is 6.07 Å². The number of halogens is 2. The van der Waals surface area contributed by atoms with Crippen LogP contribution < -0.4 is 5.32 Å². The highest BCUT2D eigenvalue weighted by Crippen LogP contribution is 2.26. The average Bonchev–Trinajstić information content (AvgIpc) is 3.13. The Morgan fingerprint density at radius 3 is 2.78 bits per heavy atom. The van der Waals surface area contributed by atoms with Gasteiger partial charge in [-0.15, -0.1) is 0 Å². The Bertz CT molecular complexity index is 1010. The normalized spacial score (nSPS) is 10.8. The van der Waals surface area contributed by atoms with Crippen molar-refractivity contribution in [2.24, 2.45) is 0 Å². The van der Waals surface area contributed by atoms with Gasteiger partial charge in [-0.25, -0.2) is 0 Å². The number of nitro groups is 1. The van der Waals surface area contributed by atoms with Crippen LogP contribution in [0.25, 0.3) is 0 Å². The smallest absolute Gasteiger partial charge is 0.358 e. The summed E-state index contributed by atoms with van der Waals surface area (Å²) in [6.45, 7) is 1.86. The van der Waals surface area contributed by atoms with Crippen molar-refractivity contribution in [1.29, 1.82) is 0 Å². The number of rotatable bonds is 6. The summed E-state index contributed by atoms with van der Waals surface area (Å²) in [4.78, 5) is 22.5. The van der Waals surface area contributed by atoms with Crippen LogP contribution in [0.3, 0.4) is 0 Å². The third-order valence-corrected chi connectivity index (χ3v) is 4.38. The Morgan fingerprint density at radius 1 is 1.37 bits per heavy atom. The lowest BCUT2D eigenvalue weighted by Crippen LogP contribution is -2.20. The van der Waals surface area contributed by atoms with Crippen molar-refractivity contribution < 1.29 is 9.72 Å². The molecule has 1 amide bonds. The van der Waals surface area contributed by atoms with E-state index in [1.54, 1.807) is 42.2 Å². The van der Waals surface area contributed by atoms with Gasteiger partial charge in [0, 0.05) is 11.9 Å². The average molecular weight is 409 g/mol. The summed E-state index contributed by atoms with van der Waals surface area (Å²) in [5.41, 5.74) is 1.85. The third-order valence-electron chi connectivity index (χ3n) is 3.74. The molecule has 0 aliphatic rings. The standard InChI is InChI=1S/C16H14Cl2N6O3/c1-10-15(18)16(24(26)27)21-23(10)9-14(25)20-13-4-2-3-11(5-13)7-22-8-12(17)6-19-22/h2-6,8H,7,9H2,1H3,(H,20,25). The van der Waals surface area contributed by atoms with E-state index in [1.165, 1.54) is 4.68 Å². The molecule has 3 aromatic rings. The van der Waals surface area contributed by atoms with Gasteiger partial charge in [-0.2, -0.15) is 9.78 Å². The molecular weight excluding hydrogens is 395 g/mol. The Kier molecular flexibility index (Phi) is 5.43. The zero-order valence-electron chi connectivity index (χ0n) is 14.1. The van der Waals surface area contributed by atoms with Crippen LogP contribution in [0.1, 0.15) is 11.3 Å². The maximum absolute atomic E-state index is 12.3. The van der Waals surface area contributed by atoms with Crippen LogP contribution in [0, 0.1) is 17.0 Å². The van der Waals surface area contributed by atoms with E-state index in [2.05, 4.69) is 15.5 Å². The van der Waals surface area contributed by atoms with Crippen LogP contribution in [0.5, 0.6) is 0 Å². The number of carbonyl (C=O) groups is 1. The molecule has 0 spiro atoms. The van der Waals surface area contributed by atoms with Gasteiger partial charge >= 0.3 is 5.82 Å². The molecular formula is C16H14Cl2N6O3. The molecule has 0 radical (unpaired) electrons. The number of anilines is 1. The number of amides is 1. The number of hydrogen-bond acceptors (Lipinski definition) is 5. The first-order valence-electron chi connectivity index (χ1n) is 7.77. The second-order valence-electron chi connectivity index (χ2n) is 5.74. The minimum absolute atomic E-state index is 0.0762. The summed E-state index contributed by atoms with van der Waals surface area (Å²) >= 11 is 11.7. The SMILES string of the molecule is Cc1c(Cl)c([N+](=O)[O-])nn1CC(=O)Nc1cccc(Cn2cc(Cl)cn2)c1. The Hall–Kier alpha value is -2.91. The molecule has 0 unspecified atom stereocenters. The lowest BCUT2D eigenvalue weighted by molar-refractivity contribution is -0.389. The van der Waals surface area contributed by atoms with Crippen LogP contribution in [-0.2, 0) is 17.9 Å². The maximum Gasteiger partial charge on any atom is 0.408 e. The maximum atomic E-state index is 12.3. The van der Waals surface area contributed by atoms with E-state index in [4.69, 9.17) is 23.2 Å². The van der Waals surface area contributed by atoms with Crippen molar-refractivity contribution in [3.05, 3.63) is 68.1 Å². The molecule has 9 nitrogen and oxygen atoms in total. The highest BCUT2D eigenvalue weighted by Gasteiger charge is 2.25. The van der Waals surface area contributed by atoms with Crippen LogP contribution in [-0.4, -0.2) is 30.4 Å². The fourth-order valence-corrected chi connectivity index (χ4v) is 2.84. The van der Waals surface area contributed by atoms with Crippen molar-refractivity contribution in [3.63, 3.8) is 0 Å². The first kappa shape index (κ1) is 18.9. The van der Waals surface area contributed by atoms with Crippen LogP contribution >= 0.6 is 23.2 Å². The molecule has 140 valence electrons. The predicted octanol–water partition coefficient (Wildman–Crippen LogP) is 3.29. The van der Waals surface area contributed by atoms with Crippen molar-refractivity contribution >= 4 is 40.6 Å². The molecule has 1 N–H and O–H groups in total. The van der Waals surface area contributed by atoms with Crippen molar-refractivity contribution in [1.82, 2.24) is 19.6 Å². The molecule has 0 atom stereocenters. The van der Waals surface area contributed by atoms with Crippen molar-refractivity contribution in [2.75, 3.05) is 5.32 Å². The number of nitrogens with zero attached hydrogens (tertiary/aromatic N) is 5. The molecule has 2 heterocycles. The van der Waals surface area contributed by atoms with Gasteiger partial charge in [0.1, 0.15) is 6.54 Å². The second-order valence-corrected chi connectivity index (χ2v) is 6.56. The molecule has 0 fully saturated rings. The Labute approximate surface area is 163 Å². The topological polar surface area (TPSA) is 108 Å². The zero-order chi connectivity index (χ0) is 19.6. The van der Waals surface area contributed by atoms with Gasteiger partial charge in [0.05, 0.1) is 28.6 Å². The van der Waals surface area contributed by atoms with E-state index >= 15 is 0 Å². The predicted molar refractivity (Wildman–Crippen MR) is 100 cm³/mol. The van der Waals surface area contributed by atoms with Crippen molar-refractivity contribution in [3.8, 4) is 0 Å². The number of nitrogens with one attached hydrogen (secondary N) is 1. The number of carbonyl (C=O) groups excluding carboxylic acids is 1. The van der Waals surface area contributed by atoms with E-state index in [0.717, 1.165) is 5.56 Å². The summed E-state index contributed by atoms with van der Waals surface area (Å²) in [5.74, 6) is -0.853. The molecule has 0 aliphatic heterocycles. The van der Waals surface area contributed by atoms with Gasteiger partial charge in [-0.1, -0.05) is 35.3 Å². The van der Waals surface area contributed by atoms with E-state index < -0.39 is 10.7 Å². The highest BCUT2D eigenvalue weighted by atomic mass is 35.5. The molecule has 0 saturated heterocycles. The van der Waals surface area contributed by atoms with Gasteiger partial charge in [0.2, 0.25) is 5.91 Å². The van der Waals surface area contributed by atoms with Crippen LogP contribution in [0.2, 0.25) is 10.0 Å². The Balaban J connectivity index is 1.68. The van der Waals surface area contributed by atoms with Gasteiger partial charge in [0.25, 0.3) is 0 Å². The summed E-state index contributed by atoms with van der Waals surface area (Å²) in [6.07, 6.45) is 3.24.